The molecule has 1 aliphatic heterocycles. The number of para-hydroxylation sites is 1. The van der Waals surface area contributed by atoms with Gasteiger partial charge in [0, 0.05) is 23.1 Å². The van der Waals surface area contributed by atoms with Crippen LogP contribution in [0.15, 0.2) is 78.0 Å². The molecule has 0 radical (unpaired) electrons. The van der Waals surface area contributed by atoms with Gasteiger partial charge < -0.3 is 4.57 Å². The average molecular weight is 395 g/mol. The van der Waals surface area contributed by atoms with Crippen molar-refractivity contribution >= 4 is 40.6 Å². The van der Waals surface area contributed by atoms with E-state index in [1.165, 1.54) is 4.90 Å². The van der Waals surface area contributed by atoms with Crippen molar-refractivity contribution in [3.63, 3.8) is 0 Å². The molecule has 0 unspecified atom stereocenters. The van der Waals surface area contributed by atoms with Crippen molar-refractivity contribution in [2.24, 2.45) is 0 Å². The molecule has 2 amide bonds. The van der Waals surface area contributed by atoms with E-state index < -0.39 is 0 Å². The van der Waals surface area contributed by atoms with E-state index in [0.29, 0.717) is 9.93 Å². The molecule has 134 valence electrons. The van der Waals surface area contributed by atoms with Crippen LogP contribution in [0.25, 0.3) is 11.8 Å². The molecule has 6 heteroatoms. The number of hydrogen-bond acceptors (Lipinski definition) is 3. The summed E-state index contributed by atoms with van der Waals surface area (Å²) in [7, 11) is 0. The van der Waals surface area contributed by atoms with Crippen molar-refractivity contribution in [3.8, 4) is 5.69 Å². The number of rotatable bonds is 4. The summed E-state index contributed by atoms with van der Waals surface area (Å²) in [5, 5.41) is 0.258. The lowest BCUT2D eigenvalue weighted by molar-refractivity contribution is -0.123. The summed E-state index contributed by atoms with van der Waals surface area (Å²) in [6, 6.07) is 19.0. The topological polar surface area (TPSA) is 42.3 Å². The fourth-order valence-electron chi connectivity index (χ4n) is 2.84. The summed E-state index contributed by atoms with van der Waals surface area (Å²) in [6.45, 7) is 0.173. The minimum atomic E-state index is -0.294. The second-order valence-electron chi connectivity index (χ2n) is 6.05. The Balaban J connectivity index is 1.55. The Morgan fingerprint density at radius 2 is 1.70 bits per heavy atom. The van der Waals surface area contributed by atoms with E-state index >= 15 is 0 Å². The minimum absolute atomic E-state index is 0.173. The van der Waals surface area contributed by atoms with Crippen LogP contribution < -0.4 is 0 Å². The van der Waals surface area contributed by atoms with Gasteiger partial charge in [-0.25, -0.2) is 0 Å². The Kier molecular flexibility index (Phi) is 4.88. The van der Waals surface area contributed by atoms with Gasteiger partial charge in [0.25, 0.3) is 11.1 Å². The molecule has 1 saturated heterocycles. The number of carbonyl (C=O) groups is 2. The third-order valence-corrected chi connectivity index (χ3v) is 5.50. The minimum Gasteiger partial charge on any atom is -0.323 e. The molecule has 0 aliphatic carbocycles. The maximum absolute atomic E-state index is 12.7. The van der Waals surface area contributed by atoms with Crippen molar-refractivity contribution < 1.29 is 9.59 Å². The molecule has 1 fully saturated rings. The van der Waals surface area contributed by atoms with E-state index in [0.717, 1.165) is 28.6 Å². The highest BCUT2D eigenvalue weighted by molar-refractivity contribution is 8.18. The van der Waals surface area contributed by atoms with E-state index in [1.807, 2.05) is 71.6 Å². The Morgan fingerprint density at radius 1 is 0.963 bits per heavy atom. The van der Waals surface area contributed by atoms with Crippen LogP contribution >= 0.6 is 23.4 Å². The summed E-state index contributed by atoms with van der Waals surface area (Å²) in [5.41, 5.74) is 2.64. The zero-order chi connectivity index (χ0) is 18.8. The Labute approximate surface area is 166 Å². The summed E-state index contributed by atoms with van der Waals surface area (Å²) in [4.78, 5) is 26.6. The molecule has 4 nitrogen and oxygen atoms in total. The molecule has 1 aliphatic rings. The molecule has 0 bridgehead atoms. The molecule has 2 aromatic carbocycles. The predicted molar refractivity (Wildman–Crippen MR) is 109 cm³/mol. The normalized spacial score (nSPS) is 15.7. The number of imide groups is 1. The lowest BCUT2D eigenvalue weighted by Crippen LogP contribution is -2.27. The zero-order valence-corrected chi connectivity index (χ0v) is 15.8. The van der Waals surface area contributed by atoms with Gasteiger partial charge in [-0.3, -0.25) is 14.5 Å². The van der Waals surface area contributed by atoms with Crippen molar-refractivity contribution in [2.45, 2.75) is 6.54 Å². The highest BCUT2D eigenvalue weighted by Gasteiger charge is 2.35. The van der Waals surface area contributed by atoms with Gasteiger partial charge in [0.15, 0.2) is 0 Å². The van der Waals surface area contributed by atoms with Gasteiger partial charge in [-0.2, -0.15) is 0 Å². The van der Waals surface area contributed by atoms with Crippen molar-refractivity contribution in [1.29, 1.82) is 0 Å². The highest BCUT2D eigenvalue weighted by atomic mass is 35.5. The Bertz CT molecular complexity index is 1040. The summed E-state index contributed by atoms with van der Waals surface area (Å²) in [5.74, 6) is -0.294. The van der Waals surface area contributed by atoms with Gasteiger partial charge in [0.1, 0.15) is 0 Å². The fourth-order valence-corrected chi connectivity index (χ4v) is 3.88. The quantitative estimate of drug-likeness (QED) is 0.559. The fraction of sp³-hybridized carbons (Fsp3) is 0.0476. The van der Waals surface area contributed by atoms with Gasteiger partial charge in [-0.15, -0.1) is 0 Å². The van der Waals surface area contributed by atoms with Gasteiger partial charge >= 0.3 is 0 Å². The van der Waals surface area contributed by atoms with Gasteiger partial charge in [-0.05, 0) is 53.2 Å². The first kappa shape index (κ1) is 17.6. The number of carbonyl (C=O) groups excluding carboxylic acids is 2. The van der Waals surface area contributed by atoms with E-state index in [2.05, 4.69) is 0 Å². The Morgan fingerprint density at radius 3 is 2.48 bits per heavy atom. The van der Waals surface area contributed by atoms with Crippen LogP contribution in [-0.2, 0) is 11.3 Å². The molecular weight excluding hydrogens is 380 g/mol. The zero-order valence-electron chi connectivity index (χ0n) is 14.2. The number of thioether (sulfide) groups is 1. The number of amides is 2. The first-order valence-electron chi connectivity index (χ1n) is 8.34. The maximum atomic E-state index is 12.7. The van der Waals surface area contributed by atoms with E-state index in [4.69, 9.17) is 11.6 Å². The van der Waals surface area contributed by atoms with Crippen molar-refractivity contribution in [3.05, 3.63) is 94.1 Å². The Hall–Kier alpha value is -2.76. The summed E-state index contributed by atoms with van der Waals surface area (Å²) in [6.07, 6.45) is 5.60. The van der Waals surface area contributed by atoms with Crippen LogP contribution in [0, 0.1) is 0 Å². The maximum Gasteiger partial charge on any atom is 0.293 e. The molecule has 0 spiro atoms. The number of nitrogens with zero attached hydrogens (tertiary/aromatic N) is 2. The van der Waals surface area contributed by atoms with Crippen LogP contribution in [0.1, 0.15) is 11.1 Å². The number of halogens is 1. The van der Waals surface area contributed by atoms with Crippen LogP contribution in [0.5, 0.6) is 0 Å². The molecule has 3 aromatic rings. The first-order valence-corrected chi connectivity index (χ1v) is 9.53. The van der Waals surface area contributed by atoms with Crippen LogP contribution in [0.4, 0.5) is 4.79 Å². The van der Waals surface area contributed by atoms with E-state index in [1.54, 1.807) is 12.1 Å². The molecule has 4 rings (SSSR count). The smallest absolute Gasteiger partial charge is 0.293 e. The standard InChI is InChI=1S/C21H15ClN2O2S/c22-18-9-5-4-6-16(18)14-24-20(25)19(27-21(24)26)12-15-10-11-23(13-15)17-7-2-1-3-8-17/h1-13H,14H2/b19-12+. The molecule has 1 aromatic heterocycles. The third kappa shape index (κ3) is 3.70. The summed E-state index contributed by atoms with van der Waals surface area (Å²) < 4.78 is 1.97. The highest BCUT2D eigenvalue weighted by Crippen LogP contribution is 2.34. The SMILES string of the molecule is O=C1S/C(=C/c2ccn(-c3ccccc3)c2)C(=O)N1Cc1ccccc1Cl. The number of hydrogen-bond donors (Lipinski definition) is 0. The van der Waals surface area contributed by atoms with Gasteiger partial charge in [0.05, 0.1) is 11.4 Å². The molecule has 0 N–H and O–H groups in total. The van der Waals surface area contributed by atoms with Crippen molar-refractivity contribution in [1.82, 2.24) is 9.47 Å². The lowest BCUT2D eigenvalue weighted by atomic mass is 10.2. The van der Waals surface area contributed by atoms with Crippen LogP contribution in [0.2, 0.25) is 5.02 Å². The van der Waals surface area contributed by atoms with Crippen LogP contribution in [-0.4, -0.2) is 20.6 Å². The van der Waals surface area contributed by atoms with E-state index in [9.17, 15) is 9.59 Å². The van der Waals surface area contributed by atoms with Crippen LogP contribution in [0.3, 0.4) is 0 Å². The molecular formula is C21H15ClN2O2S. The summed E-state index contributed by atoms with van der Waals surface area (Å²) >= 11 is 7.10. The number of aromatic nitrogens is 1. The molecule has 0 saturated carbocycles. The molecule has 2 heterocycles. The predicted octanol–water partition coefficient (Wildman–Crippen LogP) is 5.37. The average Bonchev–Trinajstić information content (AvgIpc) is 3.25. The number of benzene rings is 2. The lowest BCUT2D eigenvalue weighted by Gasteiger charge is -2.13. The first-order chi connectivity index (χ1) is 13.1. The second kappa shape index (κ2) is 7.47. The third-order valence-electron chi connectivity index (χ3n) is 4.23. The largest absolute Gasteiger partial charge is 0.323 e. The molecule has 0 atom stereocenters. The van der Waals surface area contributed by atoms with Gasteiger partial charge in [-0.1, -0.05) is 48.0 Å². The second-order valence-corrected chi connectivity index (χ2v) is 7.45. The monoisotopic (exact) mass is 394 g/mol. The van der Waals surface area contributed by atoms with E-state index in [-0.39, 0.29) is 17.7 Å². The van der Waals surface area contributed by atoms with Gasteiger partial charge in [0.2, 0.25) is 0 Å². The van der Waals surface area contributed by atoms with Crippen molar-refractivity contribution in [2.75, 3.05) is 0 Å². The molecule has 27 heavy (non-hydrogen) atoms.